The summed E-state index contributed by atoms with van der Waals surface area (Å²) >= 11 is 1.74. The monoisotopic (exact) mass is 466 g/mol. The summed E-state index contributed by atoms with van der Waals surface area (Å²) in [6.45, 7) is 2.31. The number of aliphatic hydroxyl groups is 1. The number of esters is 1. The number of benzene rings is 3. The van der Waals surface area contributed by atoms with Crippen molar-refractivity contribution >= 4 is 17.7 Å². The zero-order valence-electron chi connectivity index (χ0n) is 19.0. The van der Waals surface area contributed by atoms with Gasteiger partial charge >= 0.3 is 5.97 Å². The molecular formula is C27H30O5S. The van der Waals surface area contributed by atoms with Gasteiger partial charge in [0.15, 0.2) is 11.5 Å². The third-order valence-corrected chi connectivity index (χ3v) is 6.38. The molecule has 0 aliphatic carbocycles. The minimum Gasteiger partial charge on any atom is -0.493 e. The Balaban J connectivity index is 1.71. The van der Waals surface area contributed by atoms with Crippen molar-refractivity contribution in [3.63, 3.8) is 0 Å². The molecule has 0 bridgehead atoms. The minimum atomic E-state index is -0.211. The summed E-state index contributed by atoms with van der Waals surface area (Å²) in [5, 5.41) is 9.68. The van der Waals surface area contributed by atoms with Gasteiger partial charge < -0.3 is 19.3 Å². The second kappa shape index (κ2) is 12.9. The third kappa shape index (κ3) is 7.55. The van der Waals surface area contributed by atoms with Crippen molar-refractivity contribution in [1.82, 2.24) is 0 Å². The van der Waals surface area contributed by atoms with Gasteiger partial charge in [-0.1, -0.05) is 36.4 Å². The van der Waals surface area contributed by atoms with E-state index >= 15 is 0 Å². The first kappa shape index (κ1) is 24.7. The molecule has 0 heterocycles. The Morgan fingerprint density at radius 2 is 1.76 bits per heavy atom. The first-order valence-corrected chi connectivity index (χ1v) is 11.9. The van der Waals surface area contributed by atoms with Crippen molar-refractivity contribution in [2.24, 2.45) is 0 Å². The van der Waals surface area contributed by atoms with Crippen molar-refractivity contribution in [2.75, 3.05) is 20.3 Å². The van der Waals surface area contributed by atoms with Gasteiger partial charge in [-0.25, -0.2) is 0 Å². The molecular weight excluding hydrogens is 436 g/mol. The Labute approximate surface area is 199 Å². The number of thioether (sulfide) groups is 1. The molecule has 174 valence electrons. The smallest absolute Gasteiger partial charge is 0.306 e. The van der Waals surface area contributed by atoms with Gasteiger partial charge in [0.2, 0.25) is 0 Å². The minimum absolute atomic E-state index is 0.124. The van der Waals surface area contributed by atoms with E-state index in [0.717, 1.165) is 11.1 Å². The molecule has 0 spiro atoms. The van der Waals surface area contributed by atoms with E-state index < -0.39 is 0 Å². The molecule has 0 saturated carbocycles. The topological polar surface area (TPSA) is 65.0 Å². The number of aryl methyl sites for hydroxylation is 1. The van der Waals surface area contributed by atoms with Crippen molar-refractivity contribution in [2.45, 2.75) is 36.3 Å². The van der Waals surface area contributed by atoms with Crippen LogP contribution in [0.2, 0.25) is 0 Å². The molecule has 1 unspecified atom stereocenters. The molecule has 1 atom stereocenters. The predicted octanol–water partition coefficient (Wildman–Crippen LogP) is 6.20. The number of hydrogen-bond donors (Lipinski definition) is 1. The van der Waals surface area contributed by atoms with E-state index in [4.69, 9.17) is 14.2 Å². The van der Waals surface area contributed by atoms with Crippen LogP contribution in [0.1, 0.15) is 36.1 Å². The lowest BCUT2D eigenvalue weighted by Crippen LogP contribution is -2.05. The number of rotatable bonds is 12. The number of carbonyl (C=O) groups is 1. The Hall–Kier alpha value is -2.96. The predicted molar refractivity (Wildman–Crippen MR) is 131 cm³/mol. The standard InChI is InChI=1S/C27H30O5S/c1-3-31-27(29)16-10-20-9-15-24(30-2)25(19-20)32-22-13-11-21(12-14-22)26(17-18-28)33-23-7-5-4-6-8-23/h4-9,11-15,19,26,28H,3,10,16-18H2,1-2H3. The van der Waals surface area contributed by atoms with Crippen LogP contribution in [0.5, 0.6) is 17.2 Å². The van der Waals surface area contributed by atoms with Crippen LogP contribution >= 0.6 is 11.8 Å². The van der Waals surface area contributed by atoms with Crippen molar-refractivity contribution < 1.29 is 24.1 Å². The quantitative estimate of drug-likeness (QED) is 0.253. The highest BCUT2D eigenvalue weighted by Gasteiger charge is 2.14. The van der Waals surface area contributed by atoms with Gasteiger partial charge in [-0.3, -0.25) is 4.79 Å². The van der Waals surface area contributed by atoms with Gasteiger partial charge in [0.1, 0.15) is 5.75 Å². The van der Waals surface area contributed by atoms with Gasteiger partial charge in [-0.15, -0.1) is 11.8 Å². The molecule has 0 aliphatic rings. The van der Waals surface area contributed by atoms with Crippen LogP contribution in [0.4, 0.5) is 0 Å². The molecule has 5 nitrogen and oxygen atoms in total. The summed E-state index contributed by atoms with van der Waals surface area (Å²) in [6, 6.07) is 23.8. The summed E-state index contributed by atoms with van der Waals surface area (Å²) in [5.41, 5.74) is 2.10. The van der Waals surface area contributed by atoms with Crippen LogP contribution in [0.15, 0.2) is 77.7 Å². The molecule has 0 aromatic heterocycles. The van der Waals surface area contributed by atoms with E-state index in [1.54, 1.807) is 25.8 Å². The number of hydrogen-bond acceptors (Lipinski definition) is 6. The average molecular weight is 467 g/mol. The molecule has 3 aromatic carbocycles. The lowest BCUT2D eigenvalue weighted by Gasteiger charge is -2.17. The van der Waals surface area contributed by atoms with Crippen molar-refractivity contribution in [1.29, 1.82) is 0 Å². The maximum atomic E-state index is 11.7. The fraction of sp³-hybridized carbons (Fsp3) is 0.296. The van der Waals surface area contributed by atoms with E-state index in [1.807, 2.05) is 60.7 Å². The molecule has 0 radical (unpaired) electrons. The number of carbonyl (C=O) groups excluding carboxylic acids is 1. The zero-order valence-corrected chi connectivity index (χ0v) is 19.8. The number of methoxy groups -OCH3 is 1. The van der Waals surface area contributed by atoms with Gasteiger partial charge in [0.25, 0.3) is 0 Å². The summed E-state index contributed by atoms with van der Waals surface area (Å²) in [5.74, 6) is 1.69. The zero-order chi connectivity index (χ0) is 23.5. The Bertz CT molecular complexity index is 1000. The fourth-order valence-electron chi connectivity index (χ4n) is 3.39. The largest absolute Gasteiger partial charge is 0.493 e. The maximum Gasteiger partial charge on any atom is 0.306 e. The van der Waals surface area contributed by atoms with Crippen LogP contribution in [0.3, 0.4) is 0 Å². The van der Waals surface area contributed by atoms with Crippen molar-refractivity contribution in [3.05, 3.63) is 83.9 Å². The second-order valence-corrected chi connectivity index (χ2v) is 8.67. The Morgan fingerprint density at radius 3 is 2.42 bits per heavy atom. The lowest BCUT2D eigenvalue weighted by molar-refractivity contribution is -0.143. The fourth-order valence-corrected chi connectivity index (χ4v) is 4.55. The first-order chi connectivity index (χ1) is 16.1. The van der Waals surface area contributed by atoms with E-state index in [9.17, 15) is 9.90 Å². The Kier molecular flexibility index (Phi) is 9.66. The number of ether oxygens (including phenoxy) is 3. The molecule has 3 rings (SSSR count). The van der Waals surface area contributed by atoms with Gasteiger partial charge in [-0.05, 0) is 67.3 Å². The highest BCUT2D eigenvalue weighted by atomic mass is 32.2. The van der Waals surface area contributed by atoms with E-state index in [2.05, 4.69) is 12.1 Å². The van der Waals surface area contributed by atoms with E-state index in [-0.39, 0.29) is 17.8 Å². The van der Waals surface area contributed by atoms with Gasteiger partial charge in [-0.2, -0.15) is 0 Å². The molecule has 33 heavy (non-hydrogen) atoms. The van der Waals surface area contributed by atoms with Crippen molar-refractivity contribution in [3.8, 4) is 17.2 Å². The highest BCUT2D eigenvalue weighted by Crippen LogP contribution is 2.39. The lowest BCUT2D eigenvalue weighted by atomic mass is 10.1. The van der Waals surface area contributed by atoms with Crippen LogP contribution in [0, 0.1) is 0 Å². The van der Waals surface area contributed by atoms with E-state index in [1.165, 1.54) is 4.90 Å². The van der Waals surface area contributed by atoms with E-state index in [0.29, 0.717) is 43.1 Å². The molecule has 1 N–H and O–H groups in total. The SMILES string of the molecule is CCOC(=O)CCc1ccc(OC)c(Oc2ccc(C(CCO)Sc3ccccc3)cc2)c1. The average Bonchev–Trinajstić information content (AvgIpc) is 2.84. The molecule has 0 fully saturated rings. The Morgan fingerprint density at radius 1 is 1.00 bits per heavy atom. The van der Waals surface area contributed by atoms with Gasteiger partial charge in [0, 0.05) is 23.2 Å². The summed E-state index contributed by atoms with van der Waals surface area (Å²) < 4.78 is 16.6. The maximum absolute atomic E-state index is 11.7. The molecule has 3 aromatic rings. The van der Waals surface area contributed by atoms with Crippen LogP contribution in [-0.2, 0) is 16.0 Å². The first-order valence-electron chi connectivity index (χ1n) is 11.1. The molecule has 0 aliphatic heterocycles. The van der Waals surface area contributed by atoms with Crippen LogP contribution in [-0.4, -0.2) is 31.4 Å². The van der Waals surface area contributed by atoms with Crippen LogP contribution in [0.25, 0.3) is 0 Å². The van der Waals surface area contributed by atoms with Gasteiger partial charge in [0.05, 0.1) is 13.7 Å². The number of aliphatic hydroxyl groups excluding tert-OH is 1. The second-order valence-electron chi connectivity index (χ2n) is 7.39. The summed E-state index contributed by atoms with van der Waals surface area (Å²) in [4.78, 5) is 12.8. The molecule has 0 saturated heterocycles. The van der Waals surface area contributed by atoms with Crippen LogP contribution < -0.4 is 9.47 Å². The molecule has 6 heteroatoms. The summed E-state index contributed by atoms with van der Waals surface area (Å²) in [6.07, 6.45) is 1.55. The molecule has 0 amide bonds. The summed E-state index contributed by atoms with van der Waals surface area (Å²) in [7, 11) is 1.60. The third-order valence-electron chi connectivity index (χ3n) is 5.04. The normalized spacial score (nSPS) is 11.6. The highest BCUT2D eigenvalue weighted by molar-refractivity contribution is 7.99.